The third-order valence-corrected chi connectivity index (χ3v) is 6.02. The minimum Gasteiger partial charge on any atom is -0.480 e. The molecule has 188 valence electrons. The molecule has 3 amide bonds. The predicted octanol–water partition coefficient (Wildman–Crippen LogP) is 2.85. The van der Waals surface area contributed by atoms with E-state index >= 15 is 0 Å². The maximum absolute atomic E-state index is 12.9. The summed E-state index contributed by atoms with van der Waals surface area (Å²) in [6.07, 6.45) is 0.00737. The topological polar surface area (TPSA) is 134 Å². The summed E-state index contributed by atoms with van der Waals surface area (Å²) in [6.45, 7) is 8.10. The number of carbonyl (C=O) groups excluding carboxylic acids is 3. The van der Waals surface area contributed by atoms with Crippen molar-refractivity contribution < 1.29 is 29.0 Å². The van der Waals surface area contributed by atoms with Crippen LogP contribution in [0, 0.1) is 11.8 Å². The van der Waals surface area contributed by atoms with Crippen LogP contribution < -0.4 is 16.0 Å². The summed E-state index contributed by atoms with van der Waals surface area (Å²) in [6, 6.07) is 5.04. The molecule has 1 aliphatic heterocycles. The molecule has 1 heterocycles. The highest BCUT2D eigenvalue weighted by Gasteiger charge is 2.33. The quantitative estimate of drug-likeness (QED) is 0.373. The van der Waals surface area contributed by atoms with E-state index in [4.69, 9.17) is 16.3 Å². The van der Waals surface area contributed by atoms with Gasteiger partial charge in [-0.25, -0.2) is 9.59 Å². The van der Waals surface area contributed by atoms with Crippen molar-refractivity contribution in [1.82, 2.24) is 16.0 Å². The van der Waals surface area contributed by atoms with Crippen LogP contribution in [0.3, 0.4) is 0 Å². The lowest BCUT2D eigenvalue weighted by Gasteiger charge is -2.26. The fraction of sp³-hybridized carbons (Fsp3) is 0.583. The lowest BCUT2D eigenvalue weighted by molar-refractivity contribution is -0.143. The SMILES string of the molecule is CC(C)CC(NC(=O)OCC(C)(C)c1cccc(Cl)c1)C(=O)NC(CC1CCNC1=O)C(=O)O. The number of ether oxygens (including phenoxy) is 1. The van der Waals surface area contributed by atoms with Gasteiger partial charge in [0.2, 0.25) is 11.8 Å². The Kier molecular flexibility index (Phi) is 9.73. The molecule has 0 aromatic heterocycles. The molecule has 1 aromatic rings. The minimum absolute atomic E-state index is 0.0143. The Morgan fingerprint density at radius 1 is 1.24 bits per heavy atom. The molecule has 0 aliphatic carbocycles. The molecule has 1 aromatic carbocycles. The number of alkyl carbamates (subject to hydrolysis) is 1. The smallest absolute Gasteiger partial charge is 0.407 e. The molecule has 9 nitrogen and oxygen atoms in total. The fourth-order valence-corrected chi connectivity index (χ4v) is 3.96. The van der Waals surface area contributed by atoms with Crippen molar-refractivity contribution in [3.63, 3.8) is 0 Å². The number of rotatable bonds is 11. The Morgan fingerprint density at radius 3 is 2.50 bits per heavy atom. The molecule has 0 saturated carbocycles. The van der Waals surface area contributed by atoms with Crippen LogP contribution >= 0.6 is 11.6 Å². The first-order valence-electron chi connectivity index (χ1n) is 11.4. The molecule has 3 unspecified atom stereocenters. The lowest BCUT2D eigenvalue weighted by Crippen LogP contribution is -2.53. The molecule has 0 spiro atoms. The van der Waals surface area contributed by atoms with Crippen LogP contribution in [0.2, 0.25) is 5.02 Å². The van der Waals surface area contributed by atoms with Gasteiger partial charge in [0.15, 0.2) is 0 Å². The van der Waals surface area contributed by atoms with Gasteiger partial charge in [-0.05, 0) is 42.9 Å². The van der Waals surface area contributed by atoms with Crippen LogP contribution in [0.4, 0.5) is 4.79 Å². The number of benzene rings is 1. The van der Waals surface area contributed by atoms with Gasteiger partial charge in [0, 0.05) is 22.9 Å². The van der Waals surface area contributed by atoms with E-state index in [9.17, 15) is 24.3 Å². The molecule has 0 radical (unpaired) electrons. The summed E-state index contributed by atoms with van der Waals surface area (Å²) >= 11 is 6.06. The highest BCUT2D eigenvalue weighted by Crippen LogP contribution is 2.26. The van der Waals surface area contributed by atoms with Crippen LogP contribution in [-0.4, -0.2) is 54.2 Å². The Morgan fingerprint density at radius 2 is 1.94 bits per heavy atom. The third kappa shape index (κ3) is 8.20. The largest absolute Gasteiger partial charge is 0.480 e. The number of carboxylic acids is 1. The molecule has 0 bridgehead atoms. The van der Waals surface area contributed by atoms with Crippen LogP contribution in [0.15, 0.2) is 24.3 Å². The zero-order chi connectivity index (χ0) is 25.5. The van der Waals surface area contributed by atoms with Crippen molar-refractivity contribution in [3.8, 4) is 0 Å². The van der Waals surface area contributed by atoms with E-state index in [0.29, 0.717) is 18.0 Å². The van der Waals surface area contributed by atoms with Crippen molar-refractivity contribution in [2.75, 3.05) is 13.2 Å². The van der Waals surface area contributed by atoms with Gasteiger partial charge < -0.3 is 25.8 Å². The van der Waals surface area contributed by atoms with Crippen LogP contribution in [0.25, 0.3) is 0 Å². The Labute approximate surface area is 205 Å². The number of nitrogens with one attached hydrogen (secondary N) is 3. The zero-order valence-corrected chi connectivity index (χ0v) is 20.8. The van der Waals surface area contributed by atoms with E-state index in [1.54, 1.807) is 12.1 Å². The number of hydrogen-bond acceptors (Lipinski definition) is 5. The van der Waals surface area contributed by atoms with Crippen molar-refractivity contribution >= 4 is 35.5 Å². The predicted molar refractivity (Wildman–Crippen MR) is 128 cm³/mol. The van der Waals surface area contributed by atoms with Gasteiger partial charge in [-0.3, -0.25) is 9.59 Å². The first-order chi connectivity index (χ1) is 15.9. The van der Waals surface area contributed by atoms with Gasteiger partial charge >= 0.3 is 12.1 Å². The van der Waals surface area contributed by atoms with Gasteiger partial charge in [-0.15, -0.1) is 0 Å². The summed E-state index contributed by atoms with van der Waals surface area (Å²) in [5, 5.41) is 17.8. The Balaban J connectivity index is 2.00. The highest BCUT2D eigenvalue weighted by atomic mass is 35.5. The molecule has 4 N–H and O–H groups in total. The van der Waals surface area contributed by atoms with Gasteiger partial charge in [0.1, 0.15) is 18.7 Å². The number of amides is 3. The number of hydrogen-bond donors (Lipinski definition) is 4. The summed E-state index contributed by atoms with van der Waals surface area (Å²) in [7, 11) is 0. The maximum atomic E-state index is 12.9. The molecule has 34 heavy (non-hydrogen) atoms. The summed E-state index contributed by atoms with van der Waals surface area (Å²) in [5.74, 6) is -2.52. The van der Waals surface area contributed by atoms with E-state index in [1.807, 2.05) is 39.8 Å². The molecular formula is C24H34ClN3O6. The molecular weight excluding hydrogens is 462 g/mol. The van der Waals surface area contributed by atoms with Crippen molar-refractivity contribution in [2.24, 2.45) is 11.8 Å². The summed E-state index contributed by atoms with van der Waals surface area (Å²) in [5.41, 5.74) is 0.374. The Hall–Kier alpha value is -2.81. The van der Waals surface area contributed by atoms with E-state index in [1.165, 1.54) is 0 Å². The standard InChI is InChI=1S/C24H34ClN3O6/c1-14(2)10-18(21(30)27-19(22(31)32)11-15-8-9-26-20(15)29)28-23(33)34-13-24(3,4)16-6-5-7-17(25)12-16/h5-7,12,14-15,18-19H,8-11,13H2,1-4H3,(H,26,29)(H,27,30)(H,28,33)(H,31,32). The molecule has 10 heteroatoms. The van der Waals surface area contributed by atoms with Gasteiger partial charge in [0.05, 0.1) is 0 Å². The average molecular weight is 496 g/mol. The molecule has 1 aliphatic rings. The normalized spacial score (nSPS) is 17.6. The third-order valence-electron chi connectivity index (χ3n) is 5.78. The van der Waals surface area contributed by atoms with Crippen LogP contribution in [-0.2, 0) is 24.5 Å². The van der Waals surface area contributed by atoms with E-state index in [-0.39, 0.29) is 31.3 Å². The van der Waals surface area contributed by atoms with Crippen molar-refractivity contribution in [1.29, 1.82) is 0 Å². The van der Waals surface area contributed by atoms with E-state index in [0.717, 1.165) is 5.56 Å². The zero-order valence-electron chi connectivity index (χ0n) is 20.0. The average Bonchev–Trinajstić information content (AvgIpc) is 3.15. The monoisotopic (exact) mass is 495 g/mol. The van der Waals surface area contributed by atoms with E-state index in [2.05, 4.69) is 16.0 Å². The summed E-state index contributed by atoms with van der Waals surface area (Å²) in [4.78, 5) is 48.9. The van der Waals surface area contributed by atoms with E-state index < -0.39 is 41.4 Å². The van der Waals surface area contributed by atoms with Gasteiger partial charge in [-0.2, -0.15) is 0 Å². The summed E-state index contributed by atoms with van der Waals surface area (Å²) < 4.78 is 5.40. The van der Waals surface area contributed by atoms with Gasteiger partial charge in [0.25, 0.3) is 0 Å². The number of halogens is 1. The molecule has 1 fully saturated rings. The fourth-order valence-electron chi connectivity index (χ4n) is 3.77. The minimum atomic E-state index is -1.24. The maximum Gasteiger partial charge on any atom is 0.407 e. The lowest BCUT2D eigenvalue weighted by atomic mass is 9.86. The van der Waals surface area contributed by atoms with Crippen LogP contribution in [0.5, 0.6) is 0 Å². The second-order valence-electron chi connectivity index (χ2n) is 9.71. The second kappa shape index (κ2) is 12.1. The number of carboxylic acid groups (broad SMARTS) is 1. The molecule has 2 rings (SSSR count). The highest BCUT2D eigenvalue weighted by molar-refractivity contribution is 6.30. The molecule has 3 atom stereocenters. The molecule has 1 saturated heterocycles. The Bertz CT molecular complexity index is 904. The van der Waals surface area contributed by atoms with Crippen molar-refractivity contribution in [3.05, 3.63) is 34.9 Å². The van der Waals surface area contributed by atoms with Gasteiger partial charge in [-0.1, -0.05) is 51.4 Å². The number of aliphatic carboxylic acids is 1. The van der Waals surface area contributed by atoms with Crippen LogP contribution in [0.1, 0.15) is 52.5 Å². The second-order valence-corrected chi connectivity index (χ2v) is 10.1. The first kappa shape index (κ1) is 27.4. The number of carbonyl (C=O) groups is 4. The first-order valence-corrected chi connectivity index (χ1v) is 11.8. The van der Waals surface area contributed by atoms with Crippen molar-refractivity contribution in [2.45, 2.75) is 64.5 Å².